The molecule has 0 aliphatic heterocycles. The Morgan fingerprint density at radius 1 is 1.00 bits per heavy atom. The van der Waals surface area contributed by atoms with Crippen LogP contribution in [0.1, 0.15) is 35.4 Å². The van der Waals surface area contributed by atoms with Crippen LogP contribution >= 0.6 is 0 Å². The van der Waals surface area contributed by atoms with Crippen molar-refractivity contribution >= 4 is 16.9 Å². The molecule has 0 saturated heterocycles. The topological polar surface area (TPSA) is 52.3 Å². The number of rotatable bonds is 7. The molecule has 2 N–H and O–H groups in total. The molecule has 0 aliphatic rings. The second-order valence-electron chi connectivity index (χ2n) is 6.99. The first-order valence-corrected chi connectivity index (χ1v) is 9.40. The molecule has 0 aliphatic carbocycles. The fourth-order valence-electron chi connectivity index (χ4n) is 3.57. The number of benzene rings is 3. The Balaban J connectivity index is 1.75. The van der Waals surface area contributed by atoms with Gasteiger partial charge in [-0.2, -0.15) is 13.2 Å². The quantitative estimate of drug-likeness (QED) is 0.523. The summed E-state index contributed by atoms with van der Waals surface area (Å²) in [7, 11) is 0. The molecule has 3 aromatic carbocycles. The number of aryl methyl sites for hydroxylation is 1. The summed E-state index contributed by atoms with van der Waals surface area (Å²) < 4.78 is 43.8. The number of hydrogen-bond donors (Lipinski definition) is 1. The number of alkyl halides is 3. The van der Waals surface area contributed by atoms with Gasteiger partial charge in [0.2, 0.25) is 0 Å². The minimum Gasteiger partial charge on any atom is -0.449 e. The molecule has 3 aromatic rings. The molecule has 29 heavy (non-hydrogen) atoms. The van der Waals surface area contributed by atoms with Gasteiger partial charge < -0.3 is 10.5 Å². The van der Waals surface area contributed by atoms with Crippen molar-refractivity contribution in [2.75, 3.05) is 6.61 Å². The van der Waals surface area contributed by atoms with Crippen LogP contribution in [0.3, 0.4) is 0 Å². The predicted octanol–water partition coefficient (Wildman–Crippen LogP) is 6.06. The van der Waals surface area contributed by atoms with Gasteiger partial charge in [-0.25, -0.2) is 4.79 Å². The summed E-state index contributed by atoms with van der Waals surface area (Å²) >= 11 is 0. The number of hydrogen-bond acceptors (Lipinski definition) is 2. The van der Waals surface area contributed by atoms with Gasteiger partial charge in [-0.05, 0) is 47.2 Å². The second kappa shape index (κ2) is 8.99. The Bertz CT molecular complexity index is 980. The normalized spacial score (nSPS) is 12.7. The predicted molar refractivity (Wildman–Crippen MR) is 107 cm³/mol. The minimum absolute atomic E-state index is 0.0978. The second-order valence-corrected chi connectivity index (χ2v) is 6.99. The first-order chi connectivity index (χ1) is 13.8. The highest BCUT2D eigenvalue weighted by molar-refractivity contribution is 5.86. The zero-order chi connectivity index (χ0) is 20.9. The van der Waals surface area contributed by atoms with Crippen LogP contribution in [0.25, 0.3) is 10.8 Å². The molecule has 6 heteroatoms. The van der Waals surface area contributed by atoms with Gasteiger partial charge in [0.25, 0.3) is 0 Å². The summed E-state index contributed by atoms with van der Waals surface area (Å²) in [6.45, 7) is 0.131. The van der Waals surface area contributed by atoms with Crippen molar-refractivity contribution in [2.45, 2.75) is 31.4 Å². The zero-order valence-corrected chi connectivity index (χ0v) is 15.8. The van der Waals surface area contributed by atoms with Crippen LogP contribution in [-0.2, 0) is 17.3 Å². The third kappa shape index (κ3) is 5.50. The molecular weight excluding hydrogens is 379 g/mol. The van der Waals surface area contributed by atoms with E-state index < -0.39 is 17.8 Å². The highest BCUT2D eigenvalue weighted by Gasteiger charge is 2.30. The summed E-state index contributed by atoms with van der Waals surface area (Å²) in [5.74, 6) is -0.0978. The first kappa shape index (κ1) is 20.7. The monoisotopic (exact) mass is 401 g/mol. The number of fused-ring (bicyclic) bond motifs is 1. The molecule has 0 radical (unpaired) electrons. The maximum absolute atomic E-state index is 12.9. The lowest BCUT2D eigenvalue weighted by molar-refractivity contribution is -0.137. The van der Waals surface area contributed by atoms with Crippen LogP contribution < -0.4 is 5.73 Å². The Morgan fingerprint density at radius 2 is 1.72 bits per heavy atom. The largest absolute Gasteiger partial charge is 0.449 e. The highest BCUT2D eigenvalue weighted by atomic mass is 19.4. The lowest BCUT2D eigenvalue weighted by Gasteiger charge is -2.19. The van der Waals surface area contributed by atoms with Gasteiger partial charge in [0.05, 0.1) is 5.56 Å². The Labute approximate surface area is 167 Å². The molecule has 3 nitrogen and oxygen atoms in total. The molecule has 0 aromatic heterocycles. The van der Waals surface area contributed by atoms with Crippen molar-refractivity contribution in [3.8, 4) is 0 Å². The van der Waals surface area contributed by atoms with Crippen LogP contribution in [0.2, 0.25) is 0 Å². The van der Waals surface area contributed by atoms with E-state index in [1.54, 1.807) is 6.07 Å². The fourth-order valence-corrected chi connectivity index (χ4v) is 3.57. The molecule has 0 spiro atoms. The van der Waals surface area contributed by atoms with E-state index in [-0.39, 0.29) is 12.5 Å². The van der Waals surface area contributed by atoms with Crippen molar-refractivity contribution in [1.82, 2.24) is 0 Å². The lowest BCUT2D eigenvalue weighted by Crippen LogP contribution is -2.18. The fraction of sp³-hybridized carbons (Fsp3) is 0.261. The van der Waals surface area contributed by atoms with E-state index in [1.807, 2.05) is 42.5 Å². The number of halogens is 3. The maximum Gasteiger partial charge on any atom is 0.416 e. The van der Waals surface area contributed by atoms with Crippen molar-refractivity contribution < 1.29 is 22.7 Å². The van der Waals surface area contributed by atoms with E-state index in [0.717, 1.165) is 22.4 Å². The average Bonchev–Trinajstić information content (AvgIpc) is 2.69. The highest BCUT2D eigenvalue weighted by Crippen LogP contribution is 2.32. The number of ether oxygens (including phenoxy) is 1. The maximum atomic E-state index is 12.9. The van der Waals surface area contributed by atoms with Gasteiger partial charge in [0.1, 0.15) is 6.61 Å². The van der Waals surface area contributed by atoms with Crippen LogP contribution in [0, 0.1) is 0 Å². The number of carbonyl (C=O) groups is 1. The minimum atomic E-state index is -4.35. The van der Waals surface area contributed by atoms with Gasteiger partial charge in [0, 0.05) is 5.92 Å². The van der Waals surface area contributed by atoms with E-state index in [4.69, 9.17) is 10.5 Å². The summed E-state index contributed by atoms with van der Waals surface area (Å²) in [6.07, 6.45) is -3.39. The molecule has 0 heterocycles. The molecular formula is C23H22F3NO2. The molecule has 1 atom stereocenters. The standard InChI is InChI=1S/C23H22F3NO2/c24-23(25,26)19-11-4-7-16(14-19)6-3-10-18(15-29-22(27)28)21-13-5-9-17-8-1-2-12-20(17)21/h1-2,4-5,7-9,11-14,18H,3,6,10,15H2,(H2,27,28)/t18-/m0/s1. The number of amides is 1. The average molecular weight is 401 g/mol. The van der Waals surface area contributed by atoms with Crippen LogP contribution in [0.5, 0.6) is 0 Å². The third-order valence-electron chi connectivity index (χ3n) is 4.96. The van der Waals surface area contributed by atoms with Crippen LogP contribution in [-0.4, -0.2) is 12.7 Å². The molecule has 0 bridgehead atoms. The molecule has 1 amide bonds. The van der Waals surface area contributed by atoms with Crippen molar-refractivity contribution in [3.05, 3.63) is 83.4 Å². The SMILES string of the molecule is NC(=O)OC[C@H](CCCc1cccc(C(F)(F)F)c1)c1cccc2ccccc12. The van der Waals surface area contributed by atoms with Gasteiger partial charge in [-0.15, -0.1) is 0 Å². The number of nitrogens with two attached hydrogens (primary N) is 1. The molecule has 0 saturated carbocycles. The number of carbonyl (C=O) groups excluding carboxylic acids is 1. The van der Waals surface area contributed by atoms with Crippen molar-refractivity contribution in [2.24, 2.45) is 5.73 Å². The van der Waals surface area contributed by atoms with Gasteiger partial charge in [0.15, 0.2) is 0 Å². The van der Waals surface area contributed by atoms with Crippen LogP contribution in [0.15, 0.2) is 66.7 Å². The van der Waals surface area contributed by atoms with E-state index in [2.05, 4.69) is 0 Å². The third-order valence-corrected chi connectivity index (χ3v) is 4.96. The van der Waals surface area contributed by atoms with E-state index in [9.17, 15) is 18.0 Å². The van der Waals surface area contributed by atoms with Gasteiger partial charge in [-0.3, -0.25) is 0 Å². The van der Waals surface area contributed by atoms with E-state index in [1.165, 1.54) is 12.1 Å². The van der Waals surface area contributed by atoms with E-state index >= 15 is 0 Å². The Hall–Kier alpha value is -3.02. The van der Waals surface area contributed by atoms with Gasteiger partial charge in [-0.1, -0.05) is 60.7 Å². The van der Waals surface area contributed by atoms with Crippen LogP contribution in [0.4, 0.5) is 18.0 Å². The summed E-state index contributed by atoms with van der Waals surface area (Å²) in [6, 6.07) is 19.2. The molecule has 0 fully saturated rings. The summed E-state index contributed by atoms with van der Waals surface area (Å²) in [5, 5.41) is 2.14. The molecule has 152 valence electrons. The van der Waals surface area contributed by atoms with Crippen molar-refractivity contribution in [1.29, 1.82) is 0 Å². The smallest absolute Gasteiger partial charge is 0.416 e. The zero-order valence-electron chi connectivity index (χ0n) is 15.8. The molecule has 3 rings (SSSR count). The number of primary amides is 1. The van der Waals surface area contributed by atoms with Crippen molar-refractivity contribution in [3.63, 3.8) is 0 Å². The molecule has 0 unspecified atom stereocenters. The first-order valence-electron chi connectivity index (χ1n) is 9.40. The summed E-state index contributed by atoms with van der Waals surface area (Å²) in [4.78, 5) is 11.1. The summed E-state index contributed by atoms with van der Waals surface area (Å²) in [5.41, 5.74) is 6.17. The van der Waals surface area contributed by atoms with Gasteiger partial charge >= 0.3 is 12.3 Å². The van der Waals surface area contributed by atoms with E-state index in [0.29, 0.717) is 24.8 Å². The Morgan fingerprint density at radius 3 is 2.48 bits per heavy atom. The Kier molecular flexibility index (Phi) is 6.42. The lowest BCUT2D eigenvalue weighted by atomic mass is 9.89.